The highest BCUT2D eigenvalue weighted by Crippen LogP contribution is 2.32. The molecule has 1 aliphatic rings. The van der Waals surface area contributed by atoms with Crippen molar-refractivity contribution in [3.8, 4) is 11.1 Å². The fraction of sp³-hybridized carbons (Fsp3) is 0.318. The van der Waals surface area contributed by atoms with E-state index in [9.17, 15) is 18.0 Å². The van der Waals surface area contributed by atoms with Gasteiger partial charge in [-0.3, -0.25) is 14.2 Å². The number of hydrogen-bond acceptors (Lipinski definition) is 7. The second-order valence-corrected chi connectivity index (χ2v) is 11.7. The fourth-order valence-corrected chi connectivity index (χ4v) is 7.44. The molecule has 0 unspecified atom stereocenters. The van der Waals surface area contributed by atoms with Crippen LogP contribution in [0.2, 0.25) is 0 Å². The van der Waals surface area contributed by atoms with Crippen molar-refractivity contribution in [3.63, 3.8) is 0 Å². The molecule has 0 saturated carbocycles. The van der Waals surface area contributed by atoms with Crippen molar-refractivity contribution in [2.75, 3.05) is 24.3 Å². The zero-order valence-corrected chi connectivity index (χ0v) is 20.0. The first-order valence-corrected chi connectivity index (χ1v) is 13.8. The first-order valence-electron chi connectivity index (χ1n) is 10.1. The number of benzene rings is 1. The molecule has 1 fully saturated rings. The molecule has 7 nitrogen and oxygen atoms in total. The summed E-state index contributed by atoms with van der Waals surface area (Å²) >= 11 is 2.59. The Balaban J connectivity index is 1.61. The van der Waals surface area contributed by atoms with Crippen molar-refractivity contribution in [1.29, 1.82) is 0 Å². The Morgan fingerprint density at radius 1 is 1.38 bits per heavy atom. The smallest absolute Gasteiger partial charge is 0.263 e. The van der Waals surface area contributed by atoms with Gasteiger partial charge in [-0.05, 0) is 12.0 Å². The maximum Gasteiger partial charge on any atom is 0.263 e. The molecule has 0 radical (unpaired) electrons. The van der Waals surface area contributed by atoms with Crippen LogP contribution in [0.25, 0.3) is 21.3 Å². The van der Waals surface area contributed by atoms with Crippen molar-refractivity contribution >= 4 is 49.1 Å². The lowest BCUT2D eigenvalue weighted by Gasteiger charge is -2.23. The zero-order chi connectivity index (χ0) is 22.9. The largest absolute Gasteiger partial charge is 0.341 e. The Labute approximate surface area is 194 Å². The number of allylic oxidation sites excluding steroid dienone is 1. The minimum atomic E-state index is -3.07. The number of aromatic nitrogens is 2. The molecule has 0 aliphatic carbocycles. The van der Waals surface area contributed by atoms with Crippen LogP contribution < -0.4 is 5.56 Å². The van der Waals surface area contributed by atoms with Crippen molar-refractivity contribution in [2.45, 2.75) is 24.2 Å². The van der Waals surface area contributed by atoms with Crippen molar-refractivity contribution in [1.82, 2.24) is 14.5 Å². The number of nitrogens with zero attached hydrogens (tertiary/aromatic N) is 3. The highest BCUT2D eigenvalue weighted by molar-refractivity contribution is 7.99. The van der Waals surface area contributed by atoms with E-state index in [4.69, 9.17) is 0 Å². The van der Waals surface area contributed by atoms with Crippen LogP contribution in [-0.4, -0.2) is 59.1 Å². The van der Waals surface area contributed by atoms with E-state index in [-0.39, 0.29) is 41.3 Å². The number of fused-ring (bicyclic) bond motifs is 1. The van der Waals surface area contributed by atoms with Crippen LogP contribution in [0, 0.1) is 0 Å². The number of sulfone groups is 1. The summed E-state index contributed by atoms with van der Waals surface area (Å²) in [7, 11) is -1.44. The lowest BCUT2D eigenvalue weighted by molar-refractivity contribution is -0.128. The predicted octanol–water partition coefficient (Wildman–Crippen LogP) is 3.05. The van der Waals surface area contributed by atoms with E-state index in [0.717, 1.165) is 11.1 Å². The summed E-state index contributed by atoms with van der Waals surface area (Å²) in [5, 5.41) is 2.94. The summed E-state index contributed by atoms with van der Waals surface area (Å²) in [6.07, 6.45) is 2.09. The minimum Gasteiger partial charge on any atom is -0.341 e. The minimum absolute atomic E-state index is 0.00272. The molecule has 10 heteroatoms. The maximum absolute atomic E-state index is 13.4. The molecule has 1 atom stereocenters. The van der Waals surface area contributed by atoms with Crippen LogP contribution in [0.4, 0.5) is 0 Å². The quantitative estimate of drug-likeness (QED) is 0.288. The molecule has 1 amide bonds. The Bertz CT molecular complexity index is 1330. The van der Waals surface area contributed by atoms with Gasteiger partial charge in [-0.1, -0.05) is 48.2 Å². The normalized spacial score (nSPS) is 17.5. The predicted molar refractivity (Wildman–Crippen MR) is 130 cm³/mol. The summed E-state index contributed by atoms with van der Waals surface area (Å²) in [4.78, 5) is 32.9. The first-order chi connectivity index (χ1) is 15.3. The molecule has 4 rings (SSSR count). The number of amides is 1. The molecule has 3 aromatic rings. The van der Waals surface area contributed by atoms with Crippen LogP contribution in [0.15, 0.2) is 58.3 Å². The van der Waals surface area contributed by atoms with Crippen molar-refractivity contribution < 1.29 is 13.2 Å². The first kappa shape index (κ1) is 22.8. The van der Waals surface area contributed by atoms with E-state index in [1.165, 1.54) is 32.6 Å². The molecule has 0 bridgehead atoms. The van der Waals surface area contributed by atoms with Crippen LogP contribution in [0.3, 0.4) is 0 Å². The van der Waals surface area contributed by atoms with Crippen molar-refractivity contribution in [2.24, 2.45) is 0 Å². The Kier molecular flexibility index (Phi) is 6.55. The summed E-state index contributed by atoms with van der Waals surface area (Å²) in [5.74, 6) is -0.00328. The number of carbonyl (C=O) groups excluding carboxylic acids is 1. The molecule has 3 heterocycles. The van der Waals surface area contributed by atoms with Crippen molar-refractivity contribution in [3.05, 3.63) is 58.7 Å². The molecular formula is C22H23N3O4S3. The topological polar surface area (TPSA) is 89.3 Å². The third-order valence-electron chi connectivity index (χ3n) is 5.53. The van der Waals surface area contributed by atoms with Crippen LogP contribution in [-0.2, 0) is 21.2 Å². The number of carbonyl (C=O) groups is 1. The van der Waals surface area contributed by atoms with Gasteiger partial charge in [-0.2, -0.15) is 0 Å². The van der Waals surface area contributed by atoms with Gasteiger partial charge in [0.15, 0.2) is 15.0 Å². The Hall–Kier alpha value is -2.43. The van der Waals surface area contributed by atoms with Gasteiger partial charge in [0, 0.05) is 30.6 Å². The van der Waals surface area contributed by atoms with E-state index in [1.807, 2.05) is 35.7 Å². The van der Waals surface area contributed by atoms with Gasteiger partial charge >= 0.3 is 0 Å². The summed E-state index contributed by atoms with van der Waals surface area (Å²) in [6, 6.07) is 9.39. The highest BCUT2D eigenvalue weighted by atomic mass is 32.2. The second-order valence-electron chi connectivity index (χ2n) is 7.64. The Morgan fingerprint density at radius 3 is 2.78 bits per heavy atom. The lowest BCUT2D eigenvalue weighted by atomic mass is 10.1. The zero-order valence-electron chi connectivity index (χ0n) is 17.6. The van der Waals surface area contributed by atoms with Gasteiger partial charge in [0.1, 0.15) is 4.83 Å². The van der Waals surface area contributed by atoms with E-state index in [2.05, 4.69) is 11.6 Å². The Morgan fingerprint density at radius 2 is 2.12 bits per heavy atom. The standard InChI is InChI=1S/C22H23N3O4S3/c1-3-10-25-21(27)19-17(15-7-5-4-6-8-15)12-30-20(19)23-22(25)31-13-18(26)24(2)16-9-11-32(28,29)14-16/h3-8,12,16H,1,9-11,13-14H2,2H3/t16-/m0/s1. The molecule has 1 saturated heterocycles. The maximum atomic E-state index is 13.4. The molecular weight excluding hydrogens is 466 g/mol. The molecule has 0 N–H and O–H groups in total. The average Bonchev–Trinajstić information content (AvgIpc) is 3.37. The summed E-state index contributed by atoms with van der Waals surface area (Å²) < 4.78 is 25.0. The monoisotopic (exact) mass is 489 g/mol. The molecule has 1 aromatic carbocycles. The second kappa shape index (κ2) is 9.21. The SMILES string of the molecule is C=CCn1c(SCC(=O)N(C)[C@H]2CCS(=O)(=O)C2)nc2scc(-c3ccccc3)c2c1=O. The average molecular weight is 490 g/mol. The highest BCUT2D eigenvalue weighted by Gasteiger charge is 2.32. The molecule has 168 valence electrons. The molecule has 2 aromatic heterocycles. The van der Waals surface area contributed by atoms with E-state index in [0.29, 0.717) is 21.8 Å². The third-order valence-corrected chi connectivity index (χ3v) is 9.11. The van der Waals surface area contributed by atoms with E-state index < -0.39 is 9.84 Å². The summed E-state index contributed by atoms with van der Waals surface area (Å²) in [5.41, 5.74) is 1.63. The fourth-order valence-electron chi connectivity index (χ4n) is 3.75. The third kappa shape index (κ3) is 4.53. The van der Waals surface area contributed by atoms with Crippen LogP contribution in [0.5, 0.6) is 0 Å². The number of rotatable bonds is 7. The van der Waals surface area contributed by atoms with Gasteiger partial charge in [0.25, 0.3) is 5.56 Å². The number of thioether (sulfide) groups is 1. The molecule has 32 heavy (non-hydrogen) atoms. The van der Waals surface area contributed by atoms with Gasteiger partial charge < -0.3 is 4.90 Å². The number of thiophene rings is 1. The number of hydrogen-bond donors (Lipinski definition) is 0. The van der Waals surface area contributed by atoms with Gasteiger partial charge in [-0.25, -0.2) is 13.4 Å². The summed E-state index contributed by atoms with van der Waals surface area (Å²) in [6.45, 7) is 4.03. The van der Waals surface area contributed by atoms with E-state index >= 15 is 0 Å². The van der Waals surface area contributed by atoms with Gasteiger partial charge in [0.2, 0.25) is 5.91 Å². The van der Waals surface area contributed by atoms with E-state index in [1.54, 1.807) is 13.1 Å². The van der Waals surface area contributed by atoms with Crippen LogP contribution >= 0.6 is 23.1 Å². The molecule has 0 spiro atoms. The molecule has 1 aliphatic heterocycles. The van der Waals surface area contributed by atoms with Crippen LogP contribution in [0.1, 0.15) is 6.42 Å². The lowest BCUT2D eigenvalue weighted by Crippen LogP contribution is -2.39. The van der Waals surface area contributed by atoms with Gasteiger partial charge in [0.05, 0.1) is 22.6 Å². The van der Waals surface area contributed by atoms with Gasteiger partial charge in [-0.15, -0.1) is 17.9 Å².